The molecule has 0 aliphatic carbocycles. The second-order valence-electron chi connectivity index (χ2n) is 5.17. The van der Waals surface area contributed by atoms with E-state index >= 15 is 0 Å². The van der Waals surface area contributed by atoms with Crippen LogP contribution in [0.1, 0.15) is 5.56 Å². The molecule has 13 heteroatoms. The third kappa shape index (κ3) is 7.11. The van der Waals surface area contributed by atoms with Crippen molar-refractivity contribution < 1.29 is 39.9 Å². The fourth-order valence-corrected chi connectivity index (χ4v) is 4.98. The zero-order chi connectivity index (χ0) is 21.8. The summed E-state index contributed by atoms with van der Waals surface area (Å²) in [5.74, 6) is -2.76. The maximum atomic E-state index is 12.1. The highest BCUT2D eigenvalue weighted by Gasteiger charge is 2.38. The molecule has 0 fully saturated rings. The number of nitrogens with one attached hydrogen (secondary N) is 1. The molecule has 0 bridgehead atoms. The van der Waals surface area contributed by atoms with E-state index in [4.69, 9.17) is 21.5 Å². The molecule has 0 radical (unpaired) electrons. The van der Waals surface area contributed by atoms with Crippen LogP contribution >= 0.6 is 11.6 Å². The van der Waals surface area contributed by atoms with Crippen LogP contribution in [0.5, 0.6) is 0 Å². The molecule has 2 N–H and O–H groups in total. The Balaban J connectivity index is 0.000000480. The largest absolute Gasteiger partial charge is 0.490 e. The number of hydrogen-bond donors (Lipinski definition) is 2. The molecule has 0 heterocycles. The molecule has 154 valence electrons. The van der Waals surface area contributed by atoms with E-state index in [9.17, 15) is 30.0 Å². The van der Waals surface area contributed by atoms with Gasteiger partial charge in [0, 0.05) is 5.02 Å². The number of alkyl halides is 3. The van der Waals surface area contributed by atoms with Crippen LogP contribution in [-0.2, 0) is 24.8 Å². The number of halogens is 4. The molecule has 0 aliphatic rings. The molecular weight excluding hydrogens is 447 g/mol. The first-order chi connectivity index (χ1) is 12.6. The normalized spacial score (nSPS) is 12.0. The van der Waals surface area contributed by atoms with Gasteiger partial charge in [0.1, 0.15) is 0 Å². The first-order valence-corrected chi connectivity index (χ1v) is 10.4. The number of carboxylic acid groups (broad SMARTS) is 1. The second kappa shape index (κ2) is 8.90. The summed E-state index contributed by atoms with van der Waals surface area (Å²) in [6.07, 6.45) is -5.08. The third-order valence-electron chi connectivity index (χ3n) is 2.87. The summed E-state index contributed by atoms with van der Waals surface area (Å²) in [7, 11) is -8.41. The predicted octanol–water partition coefficient (Wildman–Crippen LogP) is 2.95. The van der Waals surface area contributed by atoms with Gasteiger partial charge in [-0.1, -0.05) is 29.8 Å². The highest BCUT2D eigenvalue weighted by Crippen LogP contribution is 2.18. The van der Waals surface area contributed by atoms with Gasteiger partial charge in [-0.2, -0.15) is 13.2 Å². The van der Waals surface area contributed by atoms with Crippen molar-refractivity contribution in [3.05, 3.63) is 59.1 Å². The number of hydrogen-bond acceptors (Lipinski definition) is 5. The van der Waals surface area contributed by atoms with E-state index in [0.29, 0.717) is 5.56 Å². The van der Waals surface area contributed by atoms with E-state index in [-0.39, 0.29) is 14.8 Å². The molecule has 2 aromatic carbocycles. The third-order valence-corrected chi connectivity index (χ3v) is 6.61. The van der Waals surface area contributed by atoms with Crippen LogP contribution in [0.3, 0.4) is 0 Å². The number of aryl methyl sites for hydroxylation is 1. The van der Waals surface area contributed by atoms with Gasteiger partial charge in [-0.3, -0.25) is 0 Å². The van der Waals surface area contributed by atoms with Crippen LogP contribution in [0.4, 0.5) is 13.2 Å². The lowest BCUT2D eigenvalue weighted by Gasteiger charge is -2.08. The van der Waals surface area contributed by atoms with Gasteiger partial charge in [-0.05, 0) is 42.8 Å². The minimum Gasteiger partial charge on any atom is -0.475 e. The van der Waals surface area contributed by atoms with E-state index in [1.807, 2.05) is 0 Å². The number of carbonyl (C=O) groups is 1. The molecule has 7 nitrogen and oxygen atoms in total. The van der Waals surface area contributed by atoms with Gasteiger partial charge in [0.15, 0.2) is 0 Å². The summed E-state index contributed by atoms with van der Waals surface area (Å²) >= 11 is 5.72. The molecule has 0 aromatic heterocycles. The summed E-state index contributed by atoms with van der Waals surface area (Å²) in [6, 6.07) is 11.3. The molecule has 0 saturated heterocycles. The standard InChI is InChI=1S/C13H12ClNO4S2.C2HF3O2/c1-10-4-2-6-12(8-10)20(16,17)15-21(18,19)13-7-3-5-11(14)9-13;3-2(4,5)1(6)7/h2-9,15H,1H3;(H,6,7). The van der Waals surface area contributed by atoms with Crippen molar-refractivity contribution in [2.24, 2.45) is 0 Å². The molecule has 0 aliphatic heterocycles. The summed E-state index contributed by atoms with van der Waals surface area (Å²) in [4.78, 5) is 8.56. The maximum Gasteiger partial charge on any atom is 0.490 e. The van der Waals surface area contributed by atoms with Crippen LogP contribution in [0.15, 0.2) is 58.3 Å². The average Bonchev–Trinajstić information content (AvgIpc) is 2.53. The van der Waals surface area contributed by atoms with Crippen molar-refractivity contribution in [2.45, 2.75) is 22.9 Å². The minimum atomic E-state index is -5.08. The van der Waals surface area contributed by atoms with Gasteiger partial charge in [0.25, 0.3) is 20.0 Å². The summed E-state index contributed by atoms with van der Waals surface area (Å²) in [6.45, 7) is 1.71. The van der Waals surface area contributed by atoms with Crippen LogP contribution in [0.25, 0.3) is 0 Å². The molecule has 0 atom stereocenters. The van der Waals surface area contributed by atoms with Crippen LogP contribution in [0.2, 0.25) is 5.02 Å². The highest BCUT2D eigenvalue weighted by molar-refractivity contribution is 8.04. The lowest BCUT2D eigenvalue weighted by atomic mass is 10.2. The Labute approximate surface area is 163 Å². The lowest BCUT2D eigenvalue weighted by molar-refractivity contribution is -0.192. The first kappa shape index (κ1) is 23.9. The molecular formula is C15H13ClF3NO6S2. The van der Waals surface area contributed by atoms with Crippen molar-refractivity contribution >= 4 is 37.6 Å². The van der Waals surface area contributed by atoms with E-state index in [1.165, 1.54) is 42.5 Å². The molecule has 0 amide bonds. The number of rotatable bonds is 4. The number of benzene rings is 2. The molecule has 0 spiro atoms. The average molecular weight is 460 g/mol. The van der Waals surface area contributed by atoms with Gasteiger partial charge in [-0.15, -0.1) is 4.13 Å². The Morgan fingerprint density at radius 1 is 0.964 bits per heavy atom. The van der Waals surface area contributed by atoms with Crippen molar-refractivity contribution in [2.75, 3.05) is 0 Å². The second-order valence-corrected chi connectivity index (χ2v) is 9.23. The SMILES string of the molecule is Cc1cccc(S(=O)(=O)NS(=O)(=O)c2cccc(Cl)c2)c1.O=C(O)C(F)(F)F. The van der Waals surface area contributed by atoms with Crippen molar-refractivity contribution in [3.8, 4) is 0 Å². The van der Waals surface area contributed by atoms with E-state index in [1.54, 1.807) is 17.1 Å². The van der Waals surface area contributed by atoms with Crippen molar-refractivity contribution in [1.82, 2.24) is 4.13 Å². The van der Waals surface area contributed by atoms with Gasteiger partial charge in [0.05, 0.1) is 9.79 Å². The fourth-order valence-electron chi connectivity index (χ4n) is 1.66. The highest BCUT2D eigenvalue weighted by atomic mass is 35.5. The van der Waals surface area contributed by atoms with Gasteiger partial charge < -0.3 is 5.11 Å². The summed E-state index contributed by atoms with van der Waals surface area (Å²) < 4.78 is 81.9. The van der Waals surface area contributed by atoms with Crippen molar-refractivity contribution in [1.29, 1.82) is 0 Å². The lowest BCUT2D eigenvalue weighted by Crippen LogP contribution is -2.30. The molecule has 2 aromatic rings. The fraction of sp³-hybridized carbons (Fsp3) is 0.133. The van der Waals surface area contributed by atoms with Crippen LogP contribution in [0, 0.1) is 6.92 Å². The molecule has 0 saturated carbocycles. The number of carboxylic acids is 1. The Kier molecular flexibility index (Phi) is 7.59. The summed E-state index contributed by atoms with van der Waals surface area (Å²) in [5, 5.41) is 7.32. The van der Waals surface area contributed by atoms with Gasteiger partial charge in [-0.25, -0.2) is 21.6 Å². The zero-order valence-corrected chi connectivity index (χ0v) is 16.3. The quantitative estimate of drug-likeness (QED) is 0.725. The maximum absolute atomic E-state index is 12.1. The van der Waals surface area contributed by atoms with Crippen LogP contribution < -0.4 is 4.13 Å². The first-order valence-electron chi connectivity index (χ1n) is 7.06. The minimum absolute atomic E-state index is 0.117. The molecule has 0 unspecified atom stereocenters. The predicted molar refractivity (Wildman–Crippen MR) is 93.8 cm³/mol. The van der Waals surface area contributed by atoms with E-state index < -0.39 is 32.2 Å². The smallest absolute Gasteiger partial charge is 0.475 e. The Morgan fingerprint density at radius 2 is 1.39 bits per heavy atom. The Hall–Kier alpha value is -2.15. The number of aliphatic carboxylic acids is 1. The van der Waals surface area contributed by atoms with E-state index in [0.717, 1.165) is 0 Å². The van der Waals surface area contributed by atoms with Crippen molar-refractivity contribution in [3.63, 3.8) is 0 Å². The monoisotopic (exact) mass is 459 g/mol. The zero-order valence-electron chi connectivity index (χ0n) is 13.9. The summed E-state index contributed by atoms with van der Waals surface area (Å²) in [5.41, 5.74) is 0.707. The Bertz CT molecular complexity index is 996. The van der Waals surface area contributed by atoms with Crippen LogP contribution in [-0.4, -0.2) is 34.1 Å². The topological polar surface area (TPSA) is 118 Å². The number of sulfonamides is 2. The molecule has 2 rings (SSSR count). The Morgan fingerprint density at radius 3 is 1.79 bits per heavy atom. The molecule has 28 heavy (non-hydrogen) atoms. The van der Waals surface area contributed by atoms with E-state index in [2.05, 4.69) is 0 Å². The van der Waals surface area contributed by atoms with Gasteiger partial charge >= 0.3 is 12.1 Å². The van der Waals surface area contributed by atoms with Gasteiger partial charge in [0.2, 0.25) is 0 Å².